The van der Waals surface area contributed by atoms with Crippen LogP contribution >= 0.6 is 0 Å². The number of fused-ring (bicyclic) bond motifs is 2. The average Bonchev–Trinajstić information content (AvgIpc) is 3.02. The van der Waals surface area contributed by atoms with Crippen LogP contribution in [0.15, 0.2) is 65.6 Å². The van der Waals surface area contributed by atoms with Crippen molar-refractivity contribution in [1.29, 1.82) is 0 Å². The maximum Gasteiger partial charge on any atom is 0.300 e. The van der Waals surface area contributed by atoms with Gasteiger partial charge in [0, 0.05) is 19.9 Å². The Hall–Kier alpha value is -4.25. The number of benzene rings is 3. The molecule has 3 aromatic carbocycles. The number of carboxylic acids is 1. The number of rotatable bonds is 6. The summed E-state index contributed by atoms with van der Waals surface area (Å²) >= 11 is 0. The molecule has 2 amide bonds. The molecule has 0 fully saturated rings. The molecule has 0 unspecified atom stereocenters. The number of hydrogen-bond donors (Lipinski definition) is 3. The van der Waals surface area contributed by atoms with Gasteiger partial charge >= 0.3 is 0 Å². The first-order valence-electron chi connectivity index (χ1n) is 10.00. The molecule has 0 bridgehead atoms. The Labute approximate surface area is 195 Å². The van der Waals surface area contributed by atoms with Crippen LogP contribution < -0.4 is 15.4 Å². The molecular weight excluding hydrogens is 462 g/mol. The van der Waals surface area contributed by atoms with Crippen molar-refractivity contribution in [2.75, 3.05) is 16.2 Å². The first-order valence-corrected chi connectivity index (χ1v) is 11.5. The fourth-order valence-corrected chi connectivity index (χ4v) is 4.52. The van der Waals surface area contributed by atoms with Crippen molar-refractivity contribution < 1.29 is 32.7 Å². The second-order valence-corrected chi connectivity index (χ2v) is 9.02. The smallest absolute Gasteiger partial charge is 0.300 e. The van der Waals surface area contributed by atoms with Crippen LogP contribution in [0.25, 0.3) is 10.8 Å². The monoisotopic (exact) mass is 483 g/mol. The van der Waals surface area contributed by atoms with Crippen LogP contribution in [0.4, 0.5) is 11.4 Å². The van der Waals surface area contributed by atoms with Crippen molar-refractivity contribution >= 4 is 55.7 Å². The molecule has 1 aliphatic heterocycles. The van der Waals surface area contributed by atoms with Crippen LogP contribution in [0.5, 0.6) is 0 Å². The molecule has 0 spiro atoms. The summed E-state index contributed by atoms with van der Waals surface area (Å²) in [6, 6.07) is 16.5. The number of sulfonamides is 1. The number of aliphatic carboxylic acids is 1. The van der Waals surface area contributed by atoms with Gasteiger partial charge in [0.1, 0.15) is 0 Å². The van der Waals surface area contributed by atoms with E-state index in [9.17, 15) is 22.8 Å². The van der Waals surface area contributed by atoms with Crippen molar-refractivity contribution in [1.82, 2.24) is 0 Å². The van der Waals surface area contributed by atoms with Crippen LogP contribution in [0.1, 0.15) is 23.7 Å². The molecule has 0 aliphatic carbocycles. The maximum atomic E-state index is 12.9. The third-order valence-electron chi connectivity index (χ3n) is 4.86. The van der Waals surface area contributed by atoms with Crippen molar-refractivity contribution in [3.8, 4) is 0 Å². The number of primary amides is 1. The Bertz CT molecular complexity index is 1410. The van der Waals surface area contributed by atoms with Gasteiger partial charge in [-0.15, -0.1) is 0 Å². The largest absolute Gasteiger partial charge is 0.481 e. The predicted molar refractivity (Wildman–Crippen MR) is 125 cm³/mol. The number of anilines is 2. The molecule has 4 N–H and O–H groups in total. The quantitative estimate of drug-likeness (QED) is 0.452. The number of carboxylic acid groups (broad SMARTS) is 1. The molecular formula is C23H21N3O7S. The number of amides is 2. The Morgan fingerprint density at radius 3 is 2.29 bits per heavy atom. The van der Waals surface area contributed by atoms with E-state index in [1.54, 1.807) is 18.2 Å². The Kier molecular flexibility index (Phi) is 6.97. The highest BCUT2D eigenvalue weighted by Crippen LogP contribution is 2.35. The minimum atomic E-state index is -4.02. The first-order chi connectivity index (χ1) is 16.0. The van der Waals surface area contributed by atoms with E-state index in [1.165, 1.54) is 30.3 Å². The molecule has 0 saturated carbocycles. The third kappa shape index (κ3) is 5.21. The van der Waals surface area contributed by atoms with E-state index in [0.717, 1.165) is 22.6 Å². The van der Waals surface area contributed by atoms with Crippen LogP contribution in [0, 0.1) is 0 Å². The lowest BCUT2D eigenvalue weighted by Gasteiger charge is -2.16. The number of carbonyl (C=O) groups excluding carboxylic acids is 3. The molecule has 11 heteroatoms. The van der Waals surface area contributed by atoms with E-state index in [0.29, 0.717) is 0 Å². The molecule has 176 valence electrons. The Morgan fingerprint density at radius 1 is 1.00 bits per heavy atom. The number of nitrogens with zero attached hydrogens (tertiary/aromatic N) is 1. The predicted octanol–water partition coefficient (Wildman–Crippen LogP) is 2.14. The summed E-state index contributed by atoms with van der Waals surface area (Å²) < 4.78 is 28.3. The van der Waals surface area contributed by atoms with Gasteiger partial charge in [0.15, 0.2) is 0 Å². The lowest BCUT2D eigenvalue weighted by Crippen LogP contribution is -2.32. The van der Waals surface area contributed by atoms with Crippen LogP contribution in [0.2, 0.25) is 0 Å². The van der Waals surface area contributed by atoms with E-state index in [-0.39, 0.29) is 34.8 Å². The van der Waals surface area contributed by atoms with Crippen molar-refractivity contribution in [3.63, 3.8) is 0 Å². The van der Waals surface area contributed by atoms with Gasteiger partial charge in [0.2, 0.25) is 5.91 Å². The van der Waals surface area contributed by atoms with Gasteiger partial charge in [-0.25, -0.2) is 8.42 Å². The topological polar surface area (TPSA) is 164 Å². The van der Waals surface area contributed by atoms with Crippen LogP contribution in [-0.2, 0) is 24.4 Å². The number of carbonyl (C=O) groups is 4. The highest BCUT2D eigenvalue weighted by Gasteiger charge is 2.38. The van der Waals surface area contributed by atoms with E-state index >= 15 is 0 Å². The molecule has 0 aromatic heterocycles. The minimum absolute atomic E-state index is 0.000540. The van der Waals surface area contributed by atoms with Crippen LogP contribution in [0.3, 0.4) is 0 Å². The lowest BCUT2D eigenvalue weighted by atomic mass is 10.1. The number of hydrogen-bond acceptors (Lipinski definition) is 6. The Morgan fingerprint density at radius 2 is 1.65 bits per heavy atom. The molecule has 10 nitrogen and oxygen atoms in total. The van der Waals surface area contributed by atoms with E-state index < -0.39 is 33.6 Å². The summed E-state index contributed by atoms with van der Waals surface area (Å²) in [4.78, 5) is 46.1. The Balaban J connectivity index is 0.000000751. The molecule has 0 radical (unpaired) electrons. The number of ketones is 1. The second-order valence-electron chi connectivity index (χ2n) is 7.34. The van der Waals surface area contributed by atoms with Crippen molar-refractivity contribution in [3.05, 3.63) is 66.2 Å². The standard InChI is InChI=1S/C21H17N3O5S.C2H4O2/c22-18(25)10-11-24-17-7-3-6-16(19(17)20(26)21(24)27)23-30(28,29)15-9-8-13-4-1-2-5-14(13)12-15;1-2(3)4/h1-9,12,23H,10-11H2,(H2,22,25);1H3,(H,3,4). The van der Waals surface area contributed by atoms with Gasteiger partial charge in [-0.05, 0) is 35.0 Å². The van der Waals surface area contributed by atoms with Gasteiger partial charge < -0.3 is 15.7 Å². The minimum Gasteiger partial charge on any atom is -0.481 e. The van der Waals surface area contributed by atoms with Gasteiger partial charge in [-0.2, -0.15) is 0 Å². The second kappa shape index (κ2) is 9.71. The van der Waals surface area contributed by atoms with Gasteiger partial charge in [-0.3, -0.25) is 23.9 Å². The fourth-order valence-electron chi connectivity index (χ4n) is 3.41. The zero-order valence-electron chi connectivity index (χ0n) is 18.0. The van der Waals surface area contributed by atoms with Crippen molar-refractivity contribution in [2.24, 2.45) is 5.73 Å². The summed E-state index contributed by atoms with van der Waals surface area (Å²) in [6.45, 7) is 1.02. The van der Waals surface area contributed by atoms with Crippen molar-refractivity contribution in [2.45, 2.75) is 18.2 Å². The SMILES string of the molecule is CC(=O)O.NC(=O)CCN1C(=O)C(=O)c2c(NS(=O)(=O)c3ccc4ccccc4c3)cccc21. The normalized spacial score (nSPS) is 12.7. The zero-order chi connectivity index (χ0) is 25.0. The van der Waals surface area contributed by atoms with Gasteiger partial charge in [0.05, 0.1) is 21.8 Å². The summed E-state index contributed by atoms with van der Waals surface area (Å²) in [7, 11) is -4.02. The number of nitrogens with two attached hydrogens (primary N) is 1. The maximum absolute atomic E-state index is 12.9. The van der Waals surface area contributed by atoms with E-state index in [1.807, 2.05) is 12.1 Å². The summed E-state index contributed by atoms with van der Waals surface area (Å²) in [5, 5.41) is 9.06. The number of Topliss-reactive ketones (excluding diaryl/α,β-unsaturated/α-hetero) is 1. The highest BCUT2D eigenvalue weighted by atomic mass is 32.2. The molecule has 1 heterocycles. The van der Waals surface area contributed by atoms with Gasteiger partial charge in [-0.1, -0.05) is 36.4 Å². The summed E-state index contributed by atoms with van der Waals surface area (Å²) in [5.74, 6) is -3.12. The molecule has 1 aliphatic rings. The molecule has 4 rings (SSSR count). The highest BCUT2D eigenvalue weighted by molar-refractivity contribution is 7.92. The fraction of sp³-hybridized carbons (Fsp3) is 0.130. The average molecular weight is 484 g/mol. The summed E-state index contributed by atoms with van der Waals surface area (Å²) in [5.41, 5.74) is 5.33. The lowest BCUT2D eigenvalue weighted by molar-refractivity contribution is -0.134. The molecule has 0 saturated heterocycles. The first kappa shape index (κ1) is 24.4. The van der Waals surface area contributed by atoms with E-state index in [2.05, 4.69) is 4.72 Å². The number of nitrogens with one attached hydrogen (secondary N) is 1. The summed E-state index contributed by atoms with van der Waals surface area (Å²) in [6.07, 6.45) is -0.120. The molecule has 3 aromatic rings. The van der Waals surface area contributed by atoms with E-state index in [4.69, 9.17) is 15.6 Å². The third-order valence-corrected chi connectivity index (χ3v) is 6.22. The molecule has 0 atom stereocenters. The van der Waals surface area contributed by atoms with Crippen LogP contribution in [-0.4, -0.2) is 43.6 Å². The zero-order valence-corrected chi connectivity index (χ0v) is 18.8. The molecule has 34 heavy (non-hydrogen) atoms. The van der Waals surface area contributed by atoms with Gasteiger partial charge in [0.25, 0.3) is 27.7 Å².